The highest BCUT2D eigenvalue weighted by atomic mass is 32.2. The second-order valence-corrected chi connectivity index (χ2v) is 5.07. The van der Waals surface area contributed by atoms with Crippen LogP contribution in [0.5, 0.6) is 0 Å². The Labute approximate surface area is 93.1 Å². The molecular weight excluding hydrogens is 235 g/mol. The number of nitrogens with two attached hydrogens (primary N) is 1. The standard InChI is InChI=1S/C9H13FN2O3S/c10-8-3-1-2-4-9(8)12-16(14,15)6-7(11)5-13/h1-4,7,12-13H,5-6,11H2. The van der Waals surface area contributed by atoms with Crippen LogP contribution in [-0.2, 0) is 10.0 Å². The molecule has 0 saturated carbocycles. The fourth-order valence-electron chi connectivity index (χ4n) is 1.09. The molecule has 16 heavy (non-hydrogen) atoms. The van der Waals surface area contributed by atoms with Gasteiger partial charge in [-0.25, -0.2) is 12.8 Å². The minimum absolute atomic E-state index is 0.132. The Morgan fingerprint density at radius 2 is 2.06 bits per heavy atom. The number of halogens is 1. The first-order valence-corrected chi connectivity index (χ1v) is 6.21. The summed E-state index contributed by atoms with van der Waals surface area (Å²) >= 11 is 0. The zero-order chi connectivity index (χ0) is 12.2. The van der Waals surface area contributed by atoms with Crippen LogP contribution in [0.4, 0.5) is 10.1 Å². The fourth-order valence-corrected chi connectivity index (χ4v) is 2.34. The monoisotopic (exact) mass is 248 g/mol. The van der Waals surface area contributed by atoms with Crippen molar-refractivity contribution in [2.75, 3.05) is 17.1 Å². The van der Waals surface area contributed by atoms with E-state index in [9.17, 15) is 12.8 Å². The van der Waals surface area contributed by atoms with Gasteiger partial charge in [0.2, 0.25) is 10.0 Å². The van der Waals surface area contributed by atoms with Gasteiger partial charge in [0.1, 0.15) is 5.82 Å². The molecule has 7 heteroatoms. The van der Waals surface area contributed by atoms with Crippen molar-refractivity contribution >= 4 is 15.7 Å². The third kappa shape index (κ3) is 3.76. The van der Waals surface area contributed by atoms with E-state index in [0.29, 0.717) is 0 Å². The first-order chi connectivity index (χ1) is 7.44. The normalized spacial score (nSPS) is 13.4. The third-order valence-electron chi connectivity index (χ3n) is 1.81. The average Bonchev–Trinajstić information content (AvgIpc) is 2.20. The van der Waals surface area contributed by atoms with Crippen LogP contribution in [-0.4, -0.2) is 31.9 Å². The minimum atomic E-state index is -3.74. The number of benzene rings is 1. The molecule has 1 aromatic carbocycles. The number of para-hydroxylation sites is 1. The zero-order valence-electron chi connectivity index (χ0n) is 8.43. The number of aliphatic hydroxyl groups excluding tert-OH is 1. The van der Waals surface area contributed by atoms with Crippen molar-refractivity contribution in [1.82, 2.24) is 0 Å². The molecule has 4 N–H and O–H groups in total. The lowest BCUT2D eigenvalue weighted by Crippen LogP contribution is -2.35. The number of sulfonamides is 1. The summed E-state index contributed by atoms with van der Waals surface area (Å²) < 4.78 is 38.1. The van der Waals surface area contributed by atoms with Crippen LogP contribution in [0, 0.1) is 5.82 Å². The summed E-state index contributed by atoms with van der Waals surface area (Å²) in [6.07, 6.45) is 0. The number of rotatable bonds is 5. The Bertz CT molecular complexity index is 450. The van der Waals surface area contributed by atoms with Gasteiger partial charge in [-0.3, -0.25) is 4.72 Å². The Morgan fingerprint density at radius 1 is 1.44 bits per heavy atom. The Hall–Kier alpha value is -1.18. The predicted molar refractivity (Wildman–Crippen MR) is 58.9 cm³/mol. The highest BCUT2D eigenvalue weighted by Gasteiger charge is 2.16. The molecule has 0 aliphatic carbocycles. The van der Waals surface area contributed by atoms with E-state index in [-0.39, 0.29) is 5.69 Å². The maximum Gasteiger partial charge on any atom is 0.234 e. The Kier molecular flexibility index (Phi) is 4.22. The molecule has 0 radical (unpaired) electrons. The van der Waals surface area contributed by atoms with Gasteiger partial charge in [-0.1, -0.05) is 12.1 Å². The molecule has 0 aromatic heterocycles. The van der Waals surface area contributed by atoms with Crippen LogP contribution in [0.25, 0.3) is 0 Å². The quantitative estimate of drug-likeness (QED) is 0.677. The molecule has 0 aliphatic heterocycles. The lowest BCUT2D eigenvalue weighted by molar-refractivity contribution is 0.274. The number of hydrogen-bond acceptors (Lipinski definition) is 4. The van der Waals surface area contributed by atoms with Gasteiger partial charge in [-0.2, -0.15) is 0 Å². The van der Waals surface area contributed by atoms with Gasteiger partial charge in [0, 0.05) is 6.04 Å². The number of aliphatic hydroxyl groups is 1. The van der Waals surface area contributed by atoms with Crippen molar-refractivity contribution in [2.24, 2.45) is 5.73 Å². The molecule has 0 amide bonds. The Morgan fingerprint density at radius 3 is 2.62 bits per heavy atom. The maximum absolute atomic E-state index is 13.1. The lowest BCUT2D eigenvalue weighted by atomic mass is 10.3. The second kappa shape index (κ2) is 5.24. The van der Waals surface area contributed by atoms with E-state index in [4.69, 9.17) is 10.8 Å². The summed E-state index contributed by atoms with van der Waals surface area (Å²) in [5.74, 6) is -1.12. The molecular formula is C9H13FN2O3S. The summed E-state index contributed by atoms with van der Waals surface area (Å²) in [5.41, 5.74) is 5.16. The third-order valence-corrected chi connectivity index (χ3v) is 3.21. The molecule has 1 rings (SSSR count). The van der Waals surface area contributed by atoms with E-state index < -0.39 is 34.2 Å². The predicted octanol–water partition coefficient (Wildman–Crippen LogP) is -0.113. The Balaban J connectivity index is 2.77. The highest BCUT2D eigenvalue weighted by molar-refractivity contribution is 7.92. The van der Waals surface area contributed by atoms with Gasteiger partial charge in [-0.15, -0.1) is 0 Å². The molecule has 0 aliphatic rings. The largest absolute Gasteiger partial charge is 0.395 e. The molecule has 1 atom stereocenters. The molecule has 0 saturated heterocycles. The second-order valence-electron chi connectivity index (χ2n) is 3.31. The van der Waals surface area contributed by atoms with E-state index in [1.807, 2.05) is 0 Å². The van der Waals surface area contributed by atoms with Crippen LogP contribution in [0.3, 0.4) is 0 Å². The van der Waals surface area contributed by atoms with Crippen LogP contribution in [0.2, 0.25) is 0 Å². The molecule has 90 valence electrons. The van der Waals surface area contributed by atoms with E-state index in [1.165, 1.54) is 18.2 Å². The lowest BCUT2D eigenvalue weighted by Gasteiger charge is -2.11. The van der Waals surface area contributed by atoms with Gasteiger partial charge in [0.05, 0.1) is 18.0 Å². The van der Waals surface area contributed by atoms with Crippen molar-refractivity contribution in [2.45, 2.75) is 6.04 Å². The summed E-state index contributed by atoms with van der Waals surface area (Å²) in [5, 5.41) is 8.63. The summed E-state index contributed by atoms with van der Waals surface area (Å²) in [6.45, 7) is -0.446. The molecule has 1 unspecified atom stereocenters. The van der Waals surface area contributed by atoms with E-state index in [1.54, 1.807) is 0 Å². The fraction of sp³-hybridized carbons (Fsp3) is 0.333. The molecule has 0 bridgehead atoms. The van der Waals surface area contributed by atoms with Gasteiger partial charge >= 0.3 is 0 Å². The molecule has 0 fully saturated rings. The smallest absolute Gasteiger partial charge is 0.234 e. The summed E-state index contributed by atoms with van der Waals surface area (Å²) in [7, 11) is -3.74. The van der Waals surface area contributed by atoms with Gasteiger partial charge in [-0.05, 0) is 12.1 Å². The molecule has 0 heterocycles. The van der Waals surface area contributed by atoms with Crippen molar-refractivity contribution < 1.29 is 17.9 Å². The van der Waals surface area contributed by atoms with Crippen molar-refractivity contribution in [3.63, 3.8) is 0 Å². The number of hydrogen-bond donors (Lipinski definition) is 3. The van der Waals surface area contributed by atoms with Crippen LogP contribution < -0.4 is 10.5 Å². The first kappa shape index (κ1) is 12.9. The molecule has 5 nitrogen and oxygen atoms in total. The van der Waals surface area contributed by atoms with Crippen LogP contribution >= 0.6 is 0 Å². The average molecular weight is 248 g/mol. The number of anilines is 1. The zero-order valence-corrected chi connectivity index (χ0v) is 9.24. The molecule has 1 aromatic rings. The van der Waals surface area contributed by atoms with Crippen LogP contribution in [0.15, 0.2) is 24.3 Å². The highest BCUT2D eigenvalue weighted by Crippen LogP contribution is 2.14. The van der Waals surface area contributed by atoms with E-state index in [2.05, 4.69) is 4.72 Å². The minimum Gasteiger partial charge on any atom is -0.395 e. The number of nitrogens with one attached hydrogen (secondary N) is 1. The van der Waals surface area contributed by atoms with Crippen molar-refractivity contribution in [1.29, 1.82) is 0 Å². The SMILES string of the molecule is NC(CO)CS(=O)(=O)Nc1ccccc1F. The summed E-state index contributed by atoms with van der Waals surface area (Å²) in [4.78, 5) is 0. The maximum atomic E-state index is 13.1. The van der Waals surface area contributed by atoms with Gasteiger partial charge < -0.3 is 10.8 Å². The van der Waals surface area contributed by atoms with E-state index >= 15 is 0 Å². The van der Waals surface area contributed by atoms with Crippen LogP contribution in [0.1, 0.15) is 0 Å². The topological polar surface area (TPSA) is 92.4 Å². The first-order valence-electron chi connectivity index (χ1n) is 4.56. The van der Waals surface area contributed by atoms with E-state index in [0.717, 1.165) is 6.07 Å². The van der Waals surface area contributed by atoms with Gasteiger partial charge in [0.15, 0.2) is 0 Å². The summed E-state index contributed by atoms with van der Waals surface area (Å²) in [6, 6.07) is 4.52. The van der Waals surface area contributed by atoms with Crippen molar-refractivity contribution in [3.05, 3.63) is 30.1 Å². The molecule has 0 spiro atoms. The van der Waals surface area contributed by atoms with Crippen molar-refractivity contribution in [3.8, 4) is 0 Å². The van der Waals surface area contributed by atoms with Gasteiger partial charge in [0.25, 0.3) is 0 Å².